The van der Waals surface area contributed by atoms with E-state index in [1.807, 2.05) is 0 Å². The van der Waals surface area contributed by atoms with Crippen molar-refractivity contribution < 1.29 is 0 Å². The van der Waals surface area contributed by atoms with E-state index in [1.165, 1.54) is 144 Å². The Morgan fingerprint density at radius 3 is 0.963 bits per heavy atom. The van der Waals surface area contributed by atoms with Crippen molar-refractivity contribution in [1.82, 2.24) is 0 Å². The molecule has 0 saturated heterocycles. The summed E-state index contributed by atoms with van der Waals surface area (Å²) < 4.78 is 0. The van der Waals surface area contributed by atoms with Gasteiger partial charge in [0.15, 0.2) is 0 Å². The van der Waals surface area contributed by atoms with Gasteiger partial charge in [0.2, 0.25) is 0 Å². The molecule has 0 fully saturated rings. The average molecular weight is 1070 g/mol. The fraction of sp³-hybridized carbons (Fsp3) is 0.139. The van der Waals surface area contributed by atoms with Crippen molar-refractivity contribution in [3.05, 3.63) is 275 Å². The lowest BCUT2D eigenvalue weighted by atomic mass is 9.67. The Bertz CT molecular complexity index is 4490. The lowest BCUT2D eigenvalue weighted by Gasteiger charge is -2.34. The van der Waals surface area contributed by atoms with E-state index in [0.717, 1.165) is 0 Å². The maximum Gasteiger partial charge on any atom is 0.114 e. The van der Waals surface area contributed by atoms with Gasteiger partial charge in [-0.1, -0.05) is 248 Å². The molecule has 0 spiro atoms. The maximum atomic E-state index is 2.67. The van der Waals surface area contributed by atoms with Crippen molar-refractivity contribution in [2.24, 2.45) is 0 Å². The summed E-state index contributed by atoms with van der Waals surface area (Å²) in [4.78, 5) is 0. The molecule has 0 N–H and O–H groups in total. The molecule has 0 radical (unpaired) electrons. The van der Waals surface area contributed by atoms with Crippen LogP contribution in [0.5, 0.6) is 0 Å². The molecule has 12 aromatic rings. The average Bonchev–Trinajstić information content (AvgIpc) is 3.82. The van der Waals surface area contributed by atoms with Gasteiger partial charge in [-0.2, -0.15) is 0 Å². The first-order chi connectivity index (χ1) is 39.2. The highest BCUT2D eigenvalue weighted by Crippen LogP contribution is 2.64. The van der Waals surface area contributed by atoms with Crippen LogP contribution in [0.4, 0.5) is 0 Å². The van der Waals surface area contributed by atoms with Gasteiger partial charge < -0.3 is 0 Å². The van der Waals surface area contributed by atoms with Crippen LogP contribution in [0, 0.1) is 0 Å². The summed E-state index contributed by atoms with van der Waals surface area (Å²) in [6, 6.07) is 90.2. The van der Waals surface area contributed by atoms with Gasteiger partial charge in [0.05, 0.1) is 5.41 Å². The first-order valence-electron chi connectivity index (χ1n) is 29.3. The first-order valence-corrected chi connectivity index (χ1v) is 35.3. The molecule has 5 aliphatic rings. The lowest BCUT2D eigenvalue weighted by molar-refractivity contribution is 0.660. The Morgan fingerprint density at radius 2 is 0.556 bits per heavy atom. The Labute approximate surface area is 478 Å². The number of hydrogen-bond donors (Lipinski definition) is 0. The van der Waals surface area contributed by atoms with Crippen LogP contribution in [0.1, 0.15) is 72.2 Å². The molecule has 3 aliphatic carbocycles. The van der Waals surface area contributed by atoms with Crippen LogP contribution in [0.2, 0.25) is 26.2 Å². The van der Waals surface area contributed by atoms with Gasteiger partial charge in [0, 0.05) is 10.8 Å². The van der Waals surface area contributed by atoms with E-state index >= 15 is 0 Å². The third kappa shape index (κ3) is 5.84. The van der Waals surface area contributed by atoms with Crippen molar-refractivity contribution in [2.45, 2.75) is 70.1 Å². The fourth-order valence-electron chi connectivity index (χ4n) is 17.2. The van der Waals surface area contributed by atoms with Crippen LogP contribution in [-0.4, -0.2) is 16.1 Å². The van der Waals surface area contributed by atoms with E-state index < -0.39 is 21.6 Å². The summed E-state index contributed by atoms with van der Waals surface area (Å²) in [5.41, 5.74) is 29.2. The summed E-state index contributed by atoms with van der Waals surface area (Å²) in [5, 5.41) is 11.6. The largest absolute Gasteiger partial charge is 0.114 e. The van der Waals surface area contributed by atoms with Gasteiger partial charge >= 0.3 is 0 Å². The molecule has 0 atom stereocenters. The van der Waals surface area contributed by atoms with Crippen LogP contribution in [0.15, 0.2) is 231 Å². The third-order valence-corrected chi connectivity index (χ3v) is 28.0. The van der Waals surface area contributed by atoms with E-state index in [1.54, 1.807) is 20.7 Å². The van der Waals surface area contributed by atoms with E-state index in [2.05, 4.69) is 284 Å². The second-order valence-corrected chi connectivity index (χ2v) is 34.8. The van der Waals surface area contributed by atoms with E-state index in [0.29, 0.717) is 0 Å². The van der Waals surface area contributed by atoms with Gasteiger partial charge in [-0.15, -0.1) is 0 Å². The van der Waals surface area contributed by atoms with Gasteiger partial charge in [0.1, 0.15) is 16.1 Å². The normalized spacial score (nSPS) is 16.6. The summed E-state index contributed by atoms with van der Waals surface area (Å²) >= 11 is 0. The third-order valence-electron chi connectivity index (χ3n) is 20.9. The molecule has 2 heterocycles. The van der Waals surface area contributed by atoms with Crippen LogP contribution in [-0.2, 0) is 16.2 Å². The van der Waals surface area contributed by atoms with Crippen LogP contribution < -0.4 is 20.7 Å². The second kappa shape index (κ2) is 15.9. The lowest BCUT2D eigenvalue weighted by Crippen LogP contribution is -2.50. The molecular formula is C79H62Si2. The van der Waals surface area contributed by atoms with Crippen molar-refractivity contribution in [3.63, 3.8) is 0 Å². The highest BCUT2D eigenvalue weighted by atomic mass is 28.3. The fourth-order valence-corrected chi connectivity index (χ4v) is 24.1. The van der Waals surface area contributed by atoms with E-state index in [4.69, 9.17) is 0 Å². The minimum atomic E-state index is -2.04. The number of benzene rings is 12. The second-order valence-electron chi connectivity index (χ2n) is 26.2. The topological polar surface area (TPSA) is 0 Å². The molecule has 386 valence electrons. The number of hydrogen-bond acceptors (Lipinski definition) is 0. The first kappa shape index (κ1) is 47.4. The predicted octanol–water partition coefficient (Wildman–Crippen LogP) is 17.9. The Hall–Kier alpha value is -8.41. The highest BCUT2D eigenvalue weighted by molar-refractivity contribution is 7.05. The van der Waals surface area contributed by atoms with Gasteiger partial charge in [-0.3, -0.25) is 0 Å². The van der Waals surface area contributed by atoms with Crippen LogP contribution in [0.3, 0.4) is 0 Å². The van der Waals surface area contributed by atoms with E-state index in [9.17, 15) is 0 Å². The Balaban J connectivity index is 0.917. The molecule has 0 aromatic heterocycles. The molecule has 0 amide bonds. The molecule has 0 saturated carbocycles. The Morgan fingerprint density at radius 1 is 0.247 bits per heavy atom. The van der Waals surface area contributed by atoms with Crippen LogP contribution >= 0.6 is 0 Å². The molecule has 2 heteroatoms. The standard InChI is InChI=1S/C79H62Si2/c1-77(2)65-43-61-62-44-66-64(74-54-34-18-16-30-50(54)60(42-70(74)78(66,3)4)58-38-24-36-56-52-32-20-22-40-72(52)81(7,8)76(56)58)46-68(62)79(47-25-11-9-12-26-47,48-27-13-10-14-28-48)67(61)45-63(65)73-53-33-17-15-29-49(53)59(41-69(73)77)57-37-23-35-55-51-31-19-21-39-71(51)80(5,6)75(55)57/h9-46H,1-8H3. The van der Waals surface area contributed by atoms with E-state index in [-0.39, 0.29) is 10.8 Å². The minimum absolute atomic E-state index is 0.283. The summed E-state index contributed by atoms with van der Waals surface area (Å²) in [6.07, 6.45) is 0. The predicted molar refractivity (Wildman–Crippen MR) is 349 cm³/mol. The summed E-state index contributed by atoms with van der Waals surface area (Å²) in [6.45, 7) is 20.2. The summed E-state index contributed by atoms with van der Waals surface area (Å²) in [5.74, 6) is 0. The van der Waals surface area contributed by atoms with Gasteiger partial charge in [-0.05, 0) is 201 Å². The molecule has 12 aromatic carbocycles. The molecule has 0 nitrogen and oxygen atoms in total. The zero-order valence-corrected chi connectivity index (χ0v) is 49.4. The smallest absolute Gasteiger partial charge is 0.0623 e. The monoisotopic (exact) mass is 1070 g/mol. The van der Waals surface area contributed by atoms with Crippen molar-refractivity contribution in [1.29, 1.82) is 0 Å². The van der Waals surface area contributed by atoms with Crippen molar-refractivity contribution in [2.75, 3.05) is 0 Å². The highest BCUT2D eigenvalue weighted by Gasteiger charge is 2.51. The number of fused-ring (bicyclic) bond motifs is 19. The molecule has 81 heavy (non-hydrogen) atoms. The van der Waals surface area contributed by atoms with Gasteiger partial charge in [0.25, 0.3) is 0 Å². The molecule has 0 bridgehead atoms. The number of rotatable bonds is 4. The molecular weight excluding hydrogens is 1010 g/mol. The maximum absolute atomic E-state index is 2.67. The van der Waals surface area contributed by atoms with Crippen molar-refractivity contribution >= 4 is 58.4 Å². The SMILES string of the molecule is CC1(C)c2cc3c(cc2-c2c1cc(-c1cccc4c1[Si](C)(C)c1ccccc1-4)c1ccccc21)C(c1ccccc1)(c1ccccc1)c1cc2c(cc1-3)C(C)(C)c1cc(-c3cccc4c3[Si](C)(C)c3ccccc3-4)c3ccccc3c1-2. The summed E-state index contributed by atoms with van der Waals surface area (Å²) in [7, 11) is -4.07. The van der Waals surface area contributed by atoms with Crippen LogP contribution in [0.25, 0.3) is 99.4 Å². The zero-order valence-electron chi connectivity index (χ0n) is 47.4. The Kier molecular flexibility index (Phi) is 9.33. The quantitative estimate of drug-likeness (QED) is 0.154. The zero-order chi connectivity index (χ0) is 54.7. The molecule has 0 unspecified atom stereocenters. The molecule has 2 aliphatic heterocycles. The van der Waals surface area contributed by atoms with Gasteiger partial charge in [-0.25, -0.2) is 0 Å². The van der Waals surface area contributed by atoms with Crippen molar-refractivity contribution in [3.8, 4) is 77.9 Å². The minimum Gasteiger partial charge on any atom is -0.0623 e. The molecule has 17 rings (SSSR count).